The molecule has 0 unspecified atom stereocenters. The molecule has 2 heterocycles. The minimum atomic E-state index is -0.511. The van der Waals surface area contributed by atoms with Crippen molar-refractivity contribution in [2.45, 2.75) is 19.3 Å². The van der Waals surface area contributed by atoms with E-state index in [1.807, 2.05) is 0 Å². The first-order chi connectivity index (χ1) is 10.7. The molecule has 1 aliphatic heterocycles. The second-order valence-corrected chi connectivity index (χ2v) is 5.73. The number of rotatable bonds is 4. The number of hydrogen-bond donors (Lipinski definition) is 1. The molecule has 2 N–H and O–H groups in total. The summed E-state index contributed by atoms with van der Waals surface area (Å²) in [6, 6.07) is 12.2. The first-order valence-corrected chi connectivity index (χ1v) is 7.64. The summed E-state index contributed by atoms with van der Waals surface area (Å²) < 4.78 is 0. The van der Waals surface area contributed by atoms with Gasteiger partial charge < -0.3 is 10.6 Å². The fourth-order valence-corrected chi connectivity index (χ4v) is 2.92. The van der Waals surface area contributed by atoms with Gasteiger partial charge in [-0.25, -0.2) is 9.97 Å². The lowest BCUT2D eigenvalue weighted by Gasteiger charge is -2.32. The summed E-state index contributed by atoms with van der Waals surface area (Å²) in [5, 5.41) is 0. The van der Waals surface area contributed by atoms with E-state index in [0.29, 0.717) is 11.9 Å². The van der Waals surface area contributed by atoms with E-state index in [4.69, 9.17) is 5.73 Å². The van der Waals surface area contributed by atoms with Crippen molar-refractivity contribution in [3.63, 3.8) is 0 Å². The fraction of sp³-hybridized carbons (Fsp3) is 0.353. The molecule has 0 spiro atoms. The van der Waals surface area contributed by atoms with Gasteiger partial charge in [-0.3, -0.25) is 4.79 Å². The van der Waals surface area contributed by atoms with Gasteiger partial charge in [0.05, 0.1) is 0 Å². The molecule has 1 amide bonds. The van der Waals surface area contributed by atoms with Crippen LogP contribution in [0.15, 0.2) is 42.6 Å². The maximum Gasteiger partial charge on any atom is 0.267 e. The Balaban J connectivity index is 1.60. The van der Waals surface area contributed by atoms with E-state index in [1.165, 1.54) is 5.56 Å². The zero-order valence-electron chi connectivity index (χ0n) is 12.5. The van der Waals surface area contributed by atoms with Gasteiger partial charge in [-0.15, -0.1) is 0 Å². The van der Waals surface area contributed by atoms with Gasteiger partial charge >= 0.3 is 0 Å². The lowest BCUT2D eigenvalue weighted by Crippen LogP contribution is -2.35. The number of nitrogens with two attached hydrogens (primary N) is 1. The third-order valence-corrected chi connectivity index (χ3v) is 4.16. The Bertz CT molecular complexity index is 636. The first-order valence-electron chi connectivity index (χ1n) is 7.64. The van der Waals surface area contributed by atoms with Crippen molar-refractivity contribution in [2.24, 2.45) is 11.7 Å². The zero-order chi connectivity index (χ0) is 15.4. The van der Waals surface area contributed by atoms with Crippen molar-refractivity contribution >= 4 is 11.9 Å². The highest BCUT2D eigenvalue weighted by molar-refractivity contribution is 5.90. The number of amides is 1. The standard InChI is InChI=1S/C17H20N4O/c18-16(22)15-6-9-19-17(20-15)21-10-7-14(8-11-21)12-13-4-2-1-3-5-13/h1-6,9,14H,7-8,10-12H2,(H2,18,22). The number of piperidine rings is 1. The van der Waals surface area contributed by atoms with Crippen LogP contribution in [0.2, 0.25) is 0 Å². The summed E-state index contributed by atoms with van der Waals surface area (Å²) in [7, 11) is 0. The Kier molecular flexibility index (Phi) is 4.32. The molecule has 1 saturated heterocycles. The fourth-order valence-electron chi connectivity index (χ4n) is 2.92. The van der Waals surface area contributed by atoms with Crippen molar-refractivity contribution in [1.29, 1.82) is 0 Å². The van der Waals surface area contributed by atoms with Crippen LogP contribution in [0.25, 0.3) is 0 Å². The molecule has 2 aromatic rings. The van der Waals surface area contributed by atoms with E-state index in [-0.39, 0.29) is 5.69 Å². The summed E-state index contributed by atoms with van der Waals surface area (Å²) in [6.07, 6.45) is 4.94. The smallest absolute Gasteiger partial charge is 0.267 e. The van der Waals surface area contributed by atoms with Crippen molar-refractivity contribution in [3.8, 4) is 0 Å². The third kappa shape index (κ3) is 3.42. The molecule has 0 atom stereocenters. The molecule has 1 aromatic carbocycles. The van der Waals surface area contributed by atoms with Crippen LogP contribution in [0.5, 0.6) is 0 Å². The Labute approximate surface area is 130 Å². The Morgan fingerprint density at radius 2 is 1.91 bits per heavy atom. The van der Waals surface area contributed by atoms with E-state index < -0.39 is 5.91 Å². The molecule has 114 valence electrons. The molecule has 1 aromatic heterocycles. The molecule has 1 fully saturated rings. The van der Waals surface area contributed by atoms with Gasteiger partial charge in [0.1, 0.15) is 5.69 Å². The van der Waals surface area contributed by atoms with E-state index in [9.17, 15) is 4.79 Å². The van der Waals surface area contributed by atoms with Gasteiger partial charge in [-0.2, -0.15) is 0 Å². The van der Waals surface area contributed by atoms with E-state index in [2.05, 4.69) is 45.2 Å². The molecule has 3 rings (SSSR count). The maximum absolute atomic E-state index is 11.2. The average molecular weight is 296 g/mol. The van der Waals surface area contributed by atoms with Crippen LogP contribution in [-0.4, -0.2) is 29.0 Å². The lowest BCUT2D eigenvalue weighted by atomic mass is 9.90. The SMILES string of the molecule is NC(=O)c1ccnc(N2CCC(Cc3ccccc3)CC2)n1. The van der Waals surface area contributed by atoms with E-state index in [1.54, 1.807) is 12.3 Å². The number of hydrogen-bond acceptors (Lipinski definition) is 4. The molecule has 0 saturated carbocycles. The van der Waals surface area contributed by atoms with Crippen LogP contribution in [0.1, 0.15) is 28.9 Å². The van der Waals surface area contributed by atoms with Gasteiger partial charge in [-0.05, 0) is 36.8 Å². The van der Waals surface area contributed by atoms with Crippen LogP contribution in [0.3, 0.4) is 0 Å². The number of aromatic nitrogens is 2. The van der Waals surface area contributed by atoms with Gasteiger partial charge in [0.25, 0.3) is 5.91 Å². The lowest BCUT2D eigenvalue weighted by molar-refractivity contribution is 0.0995. The molecule has 0 aliphatic carbocycles. The summed E-state index contributed by atoms with van der Waals surface area (Å²) in [5.41, 5.74) is 6.94. The summed E-state index contributed by atoms with van der Waals surface area (Å²) >= 11 is 0. The summed E-state index contributed by atoms with van der Waals surface area (Å²) in [6.45, 7) is 1.83. The van der Waals surface area contributed by atoms with Crippen molar-refractivity contribution in [1.82, 2.24) is 9.97 Å². The second kappa shape index (κ2) is 6.56. The van der Waals surface area contributed by atoms with Crippen LogP contribution in [0.4, 0.5) is 5.95 Å². The molecule has 22 heavy (non-hydrogen) atoms. The highest BCUT2D eigenvalue weighted by Gasteiger charge is 2.21. The molecular formula is C17H20N4O. The average Bonchev–Trinajstić information content (AvgIpc) is 2.56. The van der Waals surface area contributed by atoms with E-state index >= 15 is 0 Å². The normalized spacial score (nSPS) is 15.7. The van der Waals surface area contributed by atoms with Crippen LogP contribution in [-0.2, 0) is 6.42 Å². The van der Waals surface area contributed by atoms with Gasteiger partial charge in [-0.1, -0.05) is 30.3 Å². The molecule has 5 heteroatoms. The third-order valence-electron chi connectivity index (χ3n) is 4.16. The number of nitrogens with zero attached hydrogens (tertiary/aromatic N) is 3. The first kappa shape index (κ1) is 14.5. The summed E-state index contributed by atoms with van der Waals surface area (Å²) in [5.74, 6) is 0.787. The Morgan fingerprint density at radius 1 is 1.18 bits per heavy atom. The highest BCUT2D eigenvalue weighted by atomic mass is 16.1. The van der Waals surface area contributed by atoms with Crippen LogP contribution < -0.4 is 10.6 Å². The predicted molar refractivity (Wildman–Crippen MR) is 85.6 cm³/mol. The zero-order valence-corrected chi connectivity index (χ0v) is 12.5. The van der Waals surface area contributed by atoms with Crippen molar-refractivity contribution in [2.75, 3.05) is 18.0 Å². The number of carbonyl (C=O) groups excluding carboxylic acids is 1. The molecule has 0 radical (unpaired) electrons. The number of anilines is 1. The van der Waals surface area contributed by atoms with E-state index in [0.717, 1.165) is 32.4 Å². The summed E-state index contributed by atoms with van der Waals surface area (Å²) in [4.78, 5) is 21.8. The largest absolute Gasteiger partial charge is 0.364 e. The quantitative estimate of drug-likeness (QED) is 0.937. The molecular weight excluding hydrogens is 276 g/mol. The van der Waals surface area contributed by atoms with Crippen LogP contribution in [0, 0.1) is 5.92 Å². The number of primary amides is 1. The Hall–Kier alpha value is -2.43. The second-order valence-electron chi connectivity index (χ2n) is 5.73. The number of benzene rings is 1. The molecule has 5 nitrogen and oxygen atoms in total. The molecule has 1 aliphatic rings. The monoisotopic (exact) mass is 296 g/mol. The maximum atomic E-state index is 11.2. The van der Waals surface area contributed by atoms with Crippen LogP contribution >= 0.6 is 0 Å². The highest BCUT2D eigenvalue weighted by Crippen LogP contribution is 2.23. The van der Waals surface area contributed by atoms with Crippen molar-refractivity contribution in [3.05, 3.63) is 53.9 Å². The number of carbonyl (C=O) groups is 1. The minimum absolute atomic E-state index is 0.274. The van der Waals surface area contributed by atoms with Gasteiger partial charge in [0.15, 0.2) is 0 Å². The molecule has 0 bridgehead atoms. The predicted octanol–water partition coefficient (Wildman–Crippen LogP) is 2.03. The topological polar surface area (TPSA) is 72.1 Å². The van der Waals surface area contributed by atoms with Gasteiger partial charge in [0, 0.05) is 19.3 Å². The minimum Gasteiger partial charge on any atom is -0.364 e. The van der Waals surface area contributed by atoms with Gasteiger partial charge in [0.2, 0.25) is 5.95 Å². The Morgan fingerprint density at radius 3 is 2.59 bits per heavy atom. The van der Waals surface area contributed by atoms with Crippen molar-refractivity contribution < 1.29 is 4.79 Å².